The average Bonchev–Trinajstić information content (AvgIpc) is 2.81. The molecule has 0 fully saturated rings. The molecule has 2 rings (SSSR count). The average molecular weight is 260 g/mol. The molecule has 1 aromatic heterocycles. The standard InChI is InChI=1S/C15H16O2S/c1-11-13(8-9-18-11)6-4-12-5-7-14(16-2)15(10-12)17-3/h4-10H,1-3H3. The van der Waals surface area contributed by atoms with E-state index in [9.17, 15) is 0 Å². The highest BCUT2D eigenvalue weighted by molar-refractivity contribution is 7.10. The number of ether oxygens (including phenoxy) is 2. The third-order valence-corrected chi connectivity index (χ3v) is 3.62. The number of aryl methyl sites for hydroxylation is 1. The Labute approximate surface area is 111 Å². The molecule has 0 spiro atoms. The summed E-state index contributed by atoms with van der Waals surface area (Å²) in [6.45, 7) is 2.12. The van der Waals surface area contributed by atoms with Crippen LogP contribution in [0, 0.1) is 6.92 Å². The molecule has 0 unspecified atom stereocenters. The van der Waals surface area contributed by atoms with E-state index in [1.54, 1.807) is 25.6 Å². The molecule has 0 amide bonds. The number of hydrogen-bond donors (Lipinski definition) is 0. The molecule has 3 heteroatoms. The summed E-state index contributed by atoms with van der Waals surface area (Å²) in [7, 11) is 3.29. The van der Waals surface area contributed by atoms with E-state index in [4.69, 9.17) is 9.47 Å². The molecular weight excluding hydrogens is 244 g/mol. The van der Waals surface area contributed by atoms with E-state index in [-0.39, 0.29) is 0 Å². The number of benzene rings is 1. The van der Waals surface area contributed by atoms with E-state index in [1.165, 1.54) is 10.4 Å². The Balaban J connectivity index is 2.24. The highest BCUT2D eigenvalue weighted by Crippen LogP contribution is 2.28. The second-order valence-electron chi connectivity index (χ2n) is 3.88. The lowest BCUT2D eigenvalue weighted by Crippen LogP contribution is -1.90. The van der Waals surface area contributed by atoms with Crippen molar-refractivity contribution in [2.24, 2.45) is 0 Å². The monoisotopic (exact) mass is 260 g/mol. The summed E-state index contributed by atoms with van der Waals surface area (Å²) >= 11 is 1.76. The van der Waals surface area contributed by atoms with E-state index in [0.717, 1.165) is 17.1 Å². The predicted molar refractivity (Wildman–Crippen MR) is 77.5 cm³/mol. The molecule has 0 atom stereocenters. The molecule has 0 saturated carbocycles. The summed E-state index contributed by atoms with van der Waals surface area (Å²) < 4.78 is 10.5. The van der Waals surface area contributed by atoms with Gasteiger partial charge in [0.15, 0.2) is 11.5 Å². The van der Waals surface area contributed by atoms with Gasteiger partial charge in [0.2, 0.25) is 0 Å². The second-order valence-corrected chi connectivity index (χ2v) is 5.00. The molecule has 0 aliphatic rings. The lowest BCUT2D eigenvalue weighted by atomic mass is 10.1. The maximum absolute atomic E-state index is 5.28. The smallest absolute Gasteiger partial charge is 0.161 e. The lowest BCUT2D eigenvalue weighted by molar-refractivity contribution is 0.355. The lowest BCUT2D eigenvalue weighted by Gasteiger charge is -2.07. The molecule has 2 nitrogen and oxygen atoms in total. The fourth-order valence-electron chi connectivity index (χ4n) is 1.71. The van der Waals surface area contributed by atoms with Crippen LogP contribution in [0.25, 0.3) is 12.2 Å². The molecule has 0 saturated heterocycles. The van der Waals surface area contributed by atoms with Gasteiger partial charge in [-0.2, -0.15) is 0 Å². The number of thiophene rings is 1. The maximum Gasteiger partial charge on any atom is 0.161 e. The first-order valence-electron chi connectivity index (χ1n) is 5.69. The molecule has 94 valence electrons. The van der Waals surface area contributed by atoms with Gasteiger partial charge in [-0.1, -0.05) is 18.2 Å². The molecule has 1 aromatic carbocycles. The second kappa shape index (κ2) is 5.74. The largest absolute Gasteiger partial charge is 0.493 e. The van der Waals surface area contributed by atoms with Crippen LogP contribution in [0.4, 0.5) is 0 Å². The van der Waals surface area contributed by atoms with Gasteiger partial charge >= 0.3 is 0 Å². The Morgan fingerprint density at radius 1 is 1.00 bits per heavy atom. The fraction of sp³-hybridized carbons (Fsp3) is 0.200. The van der Waals surface area contributed by atoms with Gasteiger partial charge in [0.25, 0.3) is 0 Å². The van der Waals surface area contributed by atoms with Crippen molar-refractivity contribution in [3.05, 3.63) is 45.6 Å². The van der Waals surface area contributed by atoms with Crippen LogP contribution in [0.1, 0.15) is 16.0 Å². The van der Waals surface area contributed by atoms with Crippen LogP contribution in [0.15, 0.2) is 29.6 Å². The first-order valence-corrected chi connectivity index (χ1v) is 6.56. The molecule has 0 aliphatic carbocycles. The van der Waals surface area contributed by atoms with Crippen LogP contribution in [-0.2, 0) is 0 Å². The van der Waals surface area contributed by atoms with Crippen LogP contribution >= 0.6 is 11.3 Å². The highest BCUT2D eigenvalue weighted by Gasteiger charge is 2.02. The van der Waals surface area contributed by atoms with Gasteiger partial charge in [0.05, 0.1) is 14.2 Å². The zero-order valence-electron chi connectivity index (χ0n) is 10.8. The Bertz CT molecular complexity index is 555. The van der Waals surface area contributed by atoms with Crippen molar-refractivity contribution < 1.29 is 9.47 Å². The zero-order chi connectivity index (χ0) is 13.0. The van der Waals surface area contributed by atoms with E-state index in [0.29, 0.717) is 0 Å². The number of methoxy groups -OCH3 is 2. The Morgan fingerprint density at radius 2 is 1.78 bits per heavy atom. The van der Waals surface area contributed by atoms with Gasteiger partial charge in [-0.15, -0.1) is 11.3 Å². The van der Waals surface area contributed by atoms with Crippen LogP contribution in [-0.4, -0.2) is 14.2 Å². The molecular formula is C15H16O2S. The minimum absolute atomic E-state index is 0.751. The first kappa shape index (κ1) is 12.7. The van der Waals surface area contributed by atoms with Crippen molar-refractivity contribution in [1.82, 2.24) is 0 Å². The van der Waals surface area contributed by atoms with Crippen molar-refractivity contribution in [2.75, 3.05) is 14.2 Å². The summed E-state index contributed by atoms with van der Waals surface area (Å²) in [5.74, 6) is 1.50. The van der Waals surface area contributed by atoms with Crippen molar-refractivity contribution >= 4 is 23.5 Å². The summed E-state index contributed by atoms with van der Waals surface area (Å²) in [5, 5.41) is 2.10. The molecule has 0 aliphatic heterocycles. The number of rotatable bonds is 4. The quantitative estimate of drug-likeness (QED) is 0.818. The Morgan fingerprint density at radius 3 is 2.39 bits per heavy atom. The zero-order valence-corrected chi connectivity index (χ0v) is 11.6. The molecule has 0 radical (unpaired) electrons. The van der Waals surface area contributed by atoms with Gasteiger partial charge in [-0.25, -0.2) is 0 Å². The number of hydrogen-bond acceptors (Lipinski definition) is 3. The molecule has 2 aromatic rings. The Kier molecular flexibility index (Phi) is 4.05. The SMILES string of the molecule is COc1ccc(C=Cc2ccsc2C)cc1OC. The van der Waals surface area contributed by atoms with Crippen molar-refractivity contribution in [2.45, 2.75) is 6.92 Å². The van der Waals surface area contributed by atoms with E-state index in [2.05, 4.69) is 30.5 Å². The van der Waals surface area contributed by atoms with E-state index in [1.807, 2.05) is 18.2 Å². The first-order chi connectivity index (χ1) is 8.74. The minimum atomic E-state index is 0.751. The van der Waals surface area contributed by atoms with Crippen LogP contribution in [0.5, 0.6) is 11.5 Å². The van der Waals surface area contributed by atoms with Gasteiger partial charge in [0.1, 0.15) is 0 Å². The van der Waals surface area contributed by atoms with Crippen molar-refractivity contribution in [3.8, 4) is 11.5 Å². The van der Waals surface area contributed by atoms with E-state index >= 15 is 0 Å². The highest BCUT2D eigenvalue weighted by atomic mass is 32.1. The third kappa shape index (κ3) is 2.74. The van der Waals surface area contributed by atoms with Gasteiger partial charge in [0, 0.05) is 4.88 Å². The fourth-order valence-corrected chi connectivity index (χ4v) is 2.40. The molecule has 18 heavy (non-hydrogen) atoms. The molecule has 1 heterocycles. The minimum Gasteiger partial charge on any atom is -0.493 e. The van der Waals surface area contributed by atoms with Gasteiger partial charge < -0.3 is 9.47 Å². The topological polar surface area (TPSA) is 18.5 Å². The van der Waals surface area contributed by atoms with Crippen molar-refractivity contribution in [1.29, 1.82) is 0 Å². The van der Waals surface area contributed by atoms with Gasteiger partial charge in [-0.05, 0) is 41.6 Å². The summed E-state index contributed by atoms with van der Waals surface area (Å²) in [6, 6.07) is 8.02. The summed E-state index contributed by atoms with van der Waals surface area (Å²) in [6.07, 6.45) is 4.20. The third-order valence-electron chi connectivity index (χ3n) is 2.76. The van der Waals surface area contributed by atoms with Crippen LogP contribution in [0.3, 0.4) is 0 Å². The Hall–Kier alpha value is -1.74. The van der Waals surface area contributed by atoms with Gasteiger partial charge in [-0.3, -0.25) is 0 Å². The van der Waals surface area contributed by atoms with Crippen LogP contribution < -0.4 is 9.47 Å². The molecule has 0 bridgehead atoms. The van der Waals surface area contributed by atoms with Crippen molar-refractivity contribution in [3.63, 3.8) is 0 Å². The van der Waals surface area contributed by atoms with E-state index < -0.39 is 0 Å². The maximum atomic E-state index is 5.28. The molecule has 0 N–H and O–H groups in total. The summed E-state index contributed by atoms with van der Waals surface area (Å²) in [4.78, 5) is 1.33. The van der Waals surface area contributed by atoms with Crippen LogP contribution in [0.2, 0.25) is 0 Å². The predicted octanol–water partition coefficient (Wildman–Crippen LogP) is 4.24. The summed E-state index contributed by atoms with van der Waals surface area (Å²) in [5.41, 5.74) is 2.35. The normalized spacial score (nSPS) is 10.8.